The van der Waals surface area contributed by atoms with Gasteiger partial charge in [0.15, 0.2) is 11.6 Å². The number of hydrogen-bond donors (Lipinski definition) is 1. The second-order valence-corrected chi connectivity index (χ2v) is 4.29. The molecule has 20 heavy (non-hydrogen) atoms. The molecule has 0 spiro atoms. The molecular weight excluding hydrogens is 265 g/mol. The van der Waals surface area contributed by atoms with Gasteiger partial charge >= 0.3 is 6.09 Å². The summed E-state index contributed by atoms with van der Waals surface area (Å²) in [6, 6.07) is 0. The molecule has 0 unspecified atom stereocenters. The van der Waals surface area contributed by atoms with Crippen LogP contribution < -0.4 is 10.2 Å². The van der Waals surface area contributed by atoms with Crippen molar-refractivity contribution in [2.75, 3.05) is 50.1 Å². The number of ether oxygens (including phenoxy) is 1. The first kappa shape index (κ1) is 14.3. The number of rotatable bonds is 3. The van der Waals surface area contributed by atoms with E-state index >= 15 is 0 Å². The lowest BCUT2D eigenvalue weighted by Crippen LogP contribution is -2.49. The molecule has 7 nitrogen and oxygen atoms in total. The number of nitrogens with one attached hydrogen (secondary N) is 1. The molecule has 8 heteroatoms. The number of carbonyl (C=O) groups is 1. The number of nitrogens with zero attached hydrogens (tertiary/aromatic N) is 4. The average Bonchev–Trinajstić information content (AvgIpc) is 2.48. The smallest absolute Gasteiger partial charge is 0.409 e. The Hall–Kier alpha value is -2.12. The lowest BCUT2D eigenvalue weighted by atomic mass is 10.3. The Bertz CT molecular complexity index is 477. The summed E-state index contributed by atoms with van der Waals surface area (Å²) in [5.41, 5.74) is 0. The summed E-state index contributed by atoms with van der Waals surface area (Å²) in [4.78, 5) is 22.9. The second kappa shape index (κ2) is 6.36. The largest absolute Gasteiger partial charge is 0.450 e. The molecule has 2 heterocycles. The van der Waals surface area contributed by atoms with Crippen LogP contribution in [0.5, 0.6) is 0 Å². The van der Waals surface area contributed by atoms with Crippen molar-refractivity contribution in [2.45, 2.75) is 6.92 Å². The molecule has 0 saturated carbocycles. The zero-order valence-corrected chi connectivity index (χ0v) is 11.6. The molecule has 110 valence electrons. The van der Waals surface area contributed by atoms with Crippen LogP contribution in [0.1, 0.15) is 6.92 Å². The highest BCUT2D eigenvalue weighted by Gasteiger charge is 2.24. The van der Waals surface area contributed by atoms with Crippen LogP contribution in [-0.2, 0) is 4.74 Å². The van der Waals surface area contributed by atoms with Crippen LogP contribution in [0.15, 0.2) is 6.20 Å². The van der Waals surface area contributed by atoms with Crippen LogP contribution in [0.3, 0.4) is 0 Å². The van der Waals surface area contributed by atoms with E-state index in [2.05, 4.69) is 15.3 Å². The molecule has 1 aliphatic heterocycles. The van der Waals surface area contributed by atoms with E-state index in [0.717, 1.165) is 6.20 Å². The lowest BCUT2D eigenvalue weighted by Gasteiger charge is -2.34. The Morgan fingerprint density at radius 3 is 2.75 bits per heavy atom. The van der Waals surface area contributed by atoms with E-state index in [1.54, 1.807) is 23.8 Å². The van der Waals surface area contributed by atoms with Gasteiger partial charge in [-0.2, -0.15) is 4.98 Å². The molecule has 0 aromatic carbocycles. The fraction of sp³-hybridized carbons (Fsp3) is 0.583. The van der Waals surface area contributed by atoms with Gasteiger partial charge in [0.25, 0.3) is 0 Å². The monoisotopic (exact) mass is 283 g/mol. The number of hydrogen-bond acceptors (Lipinski definition) is 6. The van der Waals surface area contributed by atoms with Crippen molar-refractivity contribution in [3.8, 4) is 0 Å². The van der Waals surface area contributed by atoms with Gasteiger partial charge in [-0.25, -0.2) is 14.2 Å². The Morgan fingerprint density at radius 2 is 2.15 bits per heavy atom. The van der Waals surface area contributed by atoms with Crippen molar-refractivity contribution in [3.05, 3.63) is 12.0 Å². The number of halogens is 1. The van der Waals surface area contributed by atoms with Crippen LogP contribution in [0.4, 0.5) is 21.0 Å². The fourth-order valence-corrected chi connectivity index (χ4v) is 2.02. The van der Waals surface area contributed by atoms with Gasteiger partial charge in [0.2, 0.25) is 5.95 Å². The maximum Gasteiger partial charge on any atom is 0.409 e. The quantitative estimate of drug-likeness (QED) is 0.890. The molecule has 1 aromatic heterocycles. The van der Waals surface area contributed by atoms with Gasteiger partial charge in [-0.1, -0.05) is 0 Å². The second-order valence-electron chi connectivity index (χ2n) is 4.29. The van der Waals surface area contributed by atoms with Crippen LogP contribution in [0, 0.1) is 5.82 Å². The number of aromatic nitrogens is 2. The van der Waals surface area contributed by atoms with Crippen LogP contribution in [-0.4, -0.2) is 60.8 Å². The Kier molecular flexibility index (Phi) is 4.54. The van der Waals surface area contributed by atoms with E-state index in [9.17, 15) is 9.18 Å². The molecule has 1 saturated heterocycles. The third-order valence-electron chi connectivity index (χ3n) is 3.05. The van der Waals surface area contributed by atoms with Gasteiger partial charge in [-0.3, -0.25) is 0 Å². The molecule has 1 aliphatic rings. The Labute approximate surface area is 116 Å². The van der Waals surface area contributed by atoms with Gasteiger partial charge in [0.05, 0.1) is 12.8 Å². The van der Waals surface area contributed by atoms with Crippen molar-refractivity contribution in [3.63, 3.8) is 0 Å². The van der Waals surface area contributed by atoms with Crippen LogP contribution in [0.2, 0.25) is 0 Å². The van der Waals surface area contributed by atoms with Gasteiger partial charge in [0, 0.05) is 33.2 Å². The zero-order valence-electron chi connectivity index (χ0n) is 11.6. The van der Waals surface area contributed by atoms with Gasteiger partial charge in [0.1, 0.15) is 0 Å². The van der Waals surface area contributed by atoms with Crippen molar-refractivity contribution >= 4 is 17.9 Å². The molecule has 2 rings (SSSR count). The molecule has 0 atom stereocenters. The van der Waals surface area contributed by atoms with E-state index in [1.807, 2.05) is 0 Å². The van der Waals surface area contributed by atoms with Crippen LogP contribution in [0.25, 0.3) is 0 Å². The summed E-state index contributed by atoms with van der Waals surface area (Å²) in [6.07, 6.45) is 0.817. The molecule has 0 bridgehead atoms. The van der Waals surface area contributed by atoms with Gasteiger partial charge in [-0.15, -0.1) is 0 Å². The first-order valence-corrected chi connectivity index (χ1v) is 6.52. The highest BCUT2D eigenvalue weighted by Crippen LogP contribution is 2.19. The highest BCUT2D eigenvalue weighted by atomic mass is 19.1. The number of carbonyl (C=O) groups excluding carboxylic acids is 1. The topological polar surface area (TPSA) is 70.6 Å². The average molecular weight is 283 g/mol. The molecule has 0 aliphatic carbocycles. The van der Waals surface area contributed by atoms with E-state index < -0.39 is 5.82 Å². The van der Waals surface area contributed by atoms with Crippen molar-refractivity contribution in [1.29, 1.82) is 0 Å². The Morgan fingerprint density at radius 1 is 1.45 bits per heavy atom. The summed E-state index contributed by atoms with van der Waals surface area (Å²) in [7, 11) is 1.68. The molecular formula is C12H18FN5O2. The molecule has 0 radical (unpaired) electrons. The molecule has 1 aromatic rings. The van der Waals surface area contributed by atoms with Crippen LogP contribution >= 0.6 is 0 Å². The molecule has 1 amide bonds. The van der Waals surface area contributed by atoms with Gasteiger partial charge in [-0.05, 0) is 6.92 Å². The first-order valence-electron chi connectivity index (χ1n) is 6.52. The number of piperazine rings is 1. The fourth-order valence-electron chi connectivity index (χ4n) is 2.02. The summed E-state index contributed by atoms with van der Waals surface area (Å²) in [5.74, 6) is 0.163. The normalized spacial score (nSPS) is 15.2. The van der Waals surface area contributed by atoms with E-state index in [4.69, 9.17) is 4.74 Å². The third-order valence-corrected chi connectivity index (χ3v) is 3.05. The predicted octanol–water partition coefficient (Wildman–Crippen LogP) is 0.936. The first-order chi connectivity index (χ1) is 9.65. The minimum atomic E-state index is -0.464. The minimum Gasteiger partial charge on any atom is -0.450 e. The Balaban J connectivity index is 2.02. The van der Waals surface area contributed by atoms with E-state index in [-0.39, 0.29) is 11.9 Å². The standard InChI is InChI=1S/C12H18FN5O2/c1-3-20-12(19)18-6-4-17(5-7-18)10-9(13)8-15-11(14-2)16-10/h8H,3-7H2,1-2H3,(H,14,15,16). The van der Waals surface area contributed by atoms with Crippen molar-refractivity contribution in [2.24, 2.45) is 0 Å². The maximum atomic E-state index is 13.8. The number of anilines is 2. The minimum absolute atomic E-state index is 0.257. The summed E-state index contributed by atoms with van der Waals surface area (Å²) in [6.45, 7) is 4.11. The molecule has 1 fully saturated rings. The third kappa shape index (κ3) is 3.06. The predicted molar refractivity (Wildman–Crippen MR) is 72.3 cm³/mol. The van der Waals surface area contributed by atoms with Gasteiger partial charge < -0.3 is 19.9 Å². The summed E-state index contributed by atoms with van der Waals surface area (Å²) >= 11 is 0. The zero-order chi connectivity index (χ0) is 14.5. The lowest BCUT2D eigenvalue weighted by molar-refractivity contribution is 0.105. The highest BCUT2D eigenvalue weighted by molar-refractivity contribution is 5.68. The summed E-state index contributed by atoms with van der Waals surface area (Å²) < 4.78 is 18.7. The molecule has 1 N–H and O–H groups in total. The summed E-state index contributed by atoms with van der Waals surface area (Å²) in [5, 5.41) is 2.78. The maximum absolute atomic E-state index is 13.8. The van der Waals surface area contributed by atoms with E-state index in [1.165, 1.54) is 0 Å². The van der Waals surface area contributed by atoms with Crippen molar-refractivity contribution < 1.29 is 13.9 Å². The van der Waals surface area contributed by atoms with Crippen molar-refractivity contribution in [1.82, 2.24) is 14.9 Å². The van der Waals surface area contributed by atoms with E-state index in [0.29, 0.717) is 38.7 Å². The number of amides is 1. The SMILES string of the molecule is CCOC(=O)N1CCN(c2nc(NC)ncc2F)CC1.